The Bertz CT molecular complexity index is 96.4. The number of hydrogen-bond acceptors (Lipinski definition) is 0. The molecule has 0 aliphatic carbocycles. The molecule has 0 unspecified atom stereocenters. The van der Waals surface area contributed by atoms with Gasteiger partial charge in [-0.3, -0.25) is 0 Å². The normalized spacial score (nSPS) is 12.0. The zero-order chi connectivity index (χ0) is 9.45. The van der Waals surface area contributed by atoms with Gasteiger partial charge in [-0.05, 0) is 6.42 Å². The quantitative estimate of drug-likeness (QED) is 0.237. The summed E-state index contributed by atoms with van der Waals surface area (Å²) in [4.78, 5) is 0. The Balaban J connectivity index is 3.01. The maximum atomic E-state index is 2.52. The largest absolute Gasteiger partial charge is 0.124 e. The summed E-state index contributed by atoms with van der Waals surface area (Å²) >= 11 is 7.56. The molecule has 0 nitrogen and oxygen atoms in total. The van der Waals surface area contributed by atoms with Crippen molar-refractivity contribution in [3.63, 3.8) is 0 Å². The van der Waals surface area contributed by atoms with Crippen molar-refractivity contribution in [1.82, 2.24) is 0 Å². The van der Waals surface area contributed by atoms with Gasteiger partial charge in [-0.25, -0.2) is 0 Å². The summed E-state index contributed by atoms with van der Waals surface area (Å²) < 4.78 is 0.456. The van der Waals surface area contributed by atoms with Gasteiger partial charge in [0.05, 0.1) is 0 Å². The molecule has 12 heavy (non-hydrogen) atoms. The molecule has 0 radical (unpaired) electrons. The predicted molar refractivity (Wildman–Crippen MR) is 82.8 cm³/mol. The number of rotatable bonds is 7. The molecule has 0 atom stereocenters. The van der Waals surface area contributed by atoms with Gasteiger partial charge in [0, 0.05) is 0 Å². The smallest absolute Gasteiger partial charge is 0.0654 e. The van der Waals surface area contributed by atoms with Crippen LogP contribution >= 0.6 is 67.8 Å². The minimum atomic E-state index is 0.456. The third kappa shape index (κ3) is 12.2. The lowest BCUT2D eigenvalue weighted by atomic mass is 10.1. The van der Waals surface area contributed by atoms with E-state index in [2.05, 4.69) is 74.7 Å². The van der Waals surface area contributed by atoms with Crippen LogP contribution in [0.1, 0.15) is 51.9 Å². The van der Waals surface area contributed by atoms with Crippen molar-refractivity contribution in [2.75, 3.05) is 0 Å². The molecule has 0 aliphatic rings. The van der Waals surface area contributed by atoms with E-state index in [1.54, 1.807) is 0 Å². The first-order valence-corrected chi connectivity index (χ1v) is 7.86. The van der Waals surface area contributed by atoms with E-state index >= 15 is 0 Å². The van der Waals surface area contributed by atoms with Gasteiger partial charge in [0.25, 0.3) is 0 Å². The monoisotopic (exact) mass is 506 g/mol. The van der Waals surface area contributed by atoms with Crippen molar-refractivity contribution in [1.29, 1.82) is 0 Å². The fourth-order valence-corrected chi connectivity index (χ4v) is 2.25. The van der Waals surface area contributed by atoms with E-state index < -0.39 is 0 Å². The van der Waals surface area contributed by atoms with E-state index in [4.69, 9.17) is 0 Å². The average Bonchev–Trinajstić information content (AvgIpc) is 1.94. The van der Waals surface area contributed by atoms with E-state index in [1.807, 2.05) is 0 Å². The summed E-state index contributed by atoms with van der Waals surface area (Å²) in [5.41, 5.74) is 0. The number of hydrogen-bond donors (Lipinski definition) is 0. The van der Waals surface area contributed by atoms with Crippen LogP contribution < -0.4 is 0 Å². The molecule has 74 valence electrons. The number of alkyl halides is 3. The SMILES string of the molecule is CCCCCCCCC(I)(I)I. The minimum absolute atomic E-state index is 0.456. The summed E-state index contributed by atoms with van der Waals surface area (Å²) in [5, 5.41) is 0. The summed E-state index contributed by atoms with van der Waals surface area (Å²) in [6.45, 7) is 2.27. The average molecular weight is 506 g/mol. The summed E-state index contributed by atoms with van der Waals surface area (Å²) in [5.74, 6) is 0. The van der Waals surface area contributed by atoms with Crippen LogP contribution in [0.25, 0.3) is 0 Å². The van der Waals surface area contributed by atoms with Crippen LogP contribution in [-0.4, -0.2) is -0.565 Å². The molecule has 0 amide bonds. The van der Waals surface area contributed by atoms with Gasteiger partial charge in [0.15, 0.2) is 0 Å². The van der Waals surface area contributed by atoms with E-state index in [1.165, 1.54) is 44.9 Å². The molecule has 0 aromatic carbocycles. The third-order valence-electron chi connectivity index (χ3n) is 1.81. The Kier molecular flexibility index (Phi) is 10.0. The fraction of sp³-hybridized carbons (Fsp3) is 1.00. The zero-order valence-corrected chi connectivity index (χ0v) is 14.1. The molecule has 0 bridgehead atoms. The van der Waals surface area contributed by atoms with Crippen molar-refractivity contribution in [2.24, 2.45) is 0 Å². The molecule has 0 rings (SSSR count). The Hall–Kier alpha value is 2.19. The van der Waals surface area contributed by atoms with E-state index in [0.717, 1.165) is 0 Å². The molecule has 0 saturated carbocycles. The highest BCUT2D eigenvalue weighted by Crippen LogP contribution is 2.40. The maximum Gasteiger partial charge on any atom is 0.124 e. The number of halogens is 3. The van der Waals surface area contributed by atoms with Crippen molar-refractivity contribution < 1.29 is 0 Å². The van der Waals surface area contributed by atoms with Crippen LogP contribution in [0.4, 0.5) is 0 Å². The lowest BCUT2D eigenvalue weighted by Crippen LogP contribution is -1.97. The summed E-state index contributed by atoms with van der Waals surface area (Å²) in [6, 6.07) is 0. The van der Waals surface area contributed by atoms with Crippen molar-refractivity contribution in [3.8, 4) is 0 Å². The summed E-state index contributed by atoms with van der Waals surface area (Å²) in [7, 11) is 0. The van der Waals surface area contributed by atoms with Crippen LogP contribution in [-0.2, 0) is 0 Å². The molecule has 0 aromatic rings. The van der Waals surface area contributed by atoms with Crippen LogP contribution in [0.2, 0.25) is 0 Å². The molecular weight excluding hydrogens is 489 g/mol. The van der Waals surface area contributed by atoms with E-state index in [9.17, 15) is 0 Å². The molecule has 0 fully saturated rings. The van der Waals surface area contributed by atoms with Gasteiger partial charge in [0.1, 0.15) is -0.565 Å². The second-order valence-electron chi connectivity index (χ2n) is 3.13. The van der Waals surface area contributed by atoms with Crippen LogP contribution in [0, 0.1) is 0 Å². The van der Waals surface area contributed by atoms with Crippen LogP contribution in [0.15, 0.2) is 0 Å². The molecule has 0 spiro atoms. The Morgan fingerprint density at radius 3 is 1.83 bits per heavy atom. The van der Waals surface area contributed by atoms with Gasteiger partial charge in [0.2, 0.25) is 0 Å². The highest BCUT2D eigenvalue weighted by Gasteiger charge is 2.15. The maximum absolute atomic E-state index is 2.52. The number of unbranched alkanes of at least 4 members (excludes halogenated alkanes) is 5. The first-order chi connectivity index (χ1) is 5.56. The second kappa shape index (κ2) is 8.49. The van der Waals surface area contributed by atoms with E-state index in [0.29, 0.717) is -0.565 Å². The van der Waals surface area contributed by atoms with Crippen molar-refractivity contribution in [2.45, 2.75) is 51.3 Å². The Morgan fingerprint density at radius 1 is 0.833 bits per heavy atom. The van der Waals surface area contributed by atoms with Crippen LogP contribution in [0.3, 0.4) is 0 Å². The molecule has 3 heteroatoms. The van der Waals surface area contributed by atoms with Gasteiger partial charge >= 0.3 is 0 Å². The second-order valence-corrected chi connectivity index (χ2v) is 14.8. The highest BCUT2D eigenvalue weighted by atomic mass is 127. The molecule has 0 heterocycles. The molecular formula is C9H17I3. The fourth-order valence-electron chi connectivity index (χ4n) is 1.11. The highest BCUT2D eigenvalue weighted by molar-refractivity contribution is 14.3. The Labute approximate surface area is 117 Å². The molecule has 0 aliphatic heterocycles. The van der Waals surface area contributed by atoms with Gasteiger partial charge in [-0.15, -0.1) is 0 Å². The summed E-state index contributed by atoms with van der Waals surface area (Å²) in [6.07, 6.45) is 9.83. The molecule has 0 N–H and O–H groups in total. The van der Waals surface area contributed by atoms with Crippen molar-refractivity contribution >= 4 is 67.8 Å². The molecule has 0 saturated heterocycles. The van der Waals surface area contributed by atoms with Gasteiger partial charge in [-0.1, -0.05) is 113 Å². The first-order valence-electron chi connectivity index (χ1n) is 4.63. The first kappa shape index (κ1) is 14.2. The lowest BCUT2D eigenvalue weighted by molar-refractivity contribution is 0.602. The van der Waals surface area contributed by atoms with Gasteiger partial charge in [-0.2, -0.15) is 0 Å². The predicted octanol–water partition coefficient (Wildman–Crippen LogP) is 5.70. The zero-order valence-electron chi connectivity index (χ0n) is 7.58. The standard InChI is InChI=1S/C9H17I3/c1-2-3-4-5-6-7-8-9(10,11)12/h2-8H2,1H3. The van der Waals surface area contributed by atoms with Crippen LogP contribution in [0.5, 0.6) is 0 Å². The van der Waals surface area contributed by atoms with Gasteiger partial charge < -0.3 is 0 Å². The topological polar surface area (TPSA) is 0 Å². The van der Waals surface area contributed by atoms with Crippen molar-refractivity contribution in [3.05, 3.63) is 0 Å². The third-order valence-corrected chi connectivity index (χ3v) is 3.43. The lowest BCUT2D eigenvalue weighted by Gasteiger charge is -2.10. The molecule has 0 aromatic heterocycles. The minimum Gasteiger partial charge on any atom is -0.0654 e. The Morgan fingerprint density at radius 2 is 1.33 bits per heavy atom. The van der Waals surface area contributed by atoms with E-state index in [-0.39, 0.29) is 0 Å².